The molecule has 1 fully saturated rings. The second kappa shape index (κ2) is 8.06. The van der Waals surface area contributed by atoms with E-state index in [0.29, 0.717) is 22.7 Å². The van der Waals surface area contributed by atoms with Crippen molar-refractivity contribution in [2.45, 2.75) is 43.4 Å². The summed E-state index contributed by atoms with van der Waals surface area (Å²) in [5.41, 5.74) is 4.10. The van der Waals surface area contributed by atoms with Gasteiger partial charge in [0.05, 0.1) is 16.6 Å². The first-order valence-corrected chi connectivity index (χ1v) is 13.0. The lowest BCUT2D eigenvalue weighted by molar-refractivity contribution is 0.530. The number of nitrogens with zero attached hydrogens (tertiary/aromatic N) is 5. The minimum atomic E-state index is -3.77. The predicted molar refractivity (Wildman–Crippen MR) is 130 cm³/mol. The number of fused-ring (bicyclic) bond motifs is 3. The van der Waals surface area contributed by atoms with E-state index in [1.54, 1.807) is 42.7 Å². The molecule has 3 heterocycles. The van der Waals surface area contributed by atoms with E-state index in [1.165, 1.54) is 9.54 Å². The number of hydrogen-bond acceptors (Lipinski definition) is 5. The Labute approximate surface area is 198 Å². The molecule has 0 N–H and O–H groups in total. The molecule has 6 rings (SSSR count). The van der Waals surface area contributed by atoms with Crippen molar-refractivity contribution in [2.24, 2.45) is 5.92 Å². The zero-order valence-electron chi connectivity index (χ0n) is 18.9. The normalized spacial score (nSPS) is 18.7. The first kappa shape index (κ1) is 21.0. The second-order valence-corrected chi connectivity index (χ2v) is 11.0. The summed E-state index contributed by atoms with van der Waals surface area (Å²) in [6, 6.07) is 19.3. The van der Waals surface area contributed by atoms with Crippen LogP contribution in [0.2, 0.25) is 0 Å². The molecule has 0 saturated heterocycles. The van der Waals surface area contributed by atoms with Crippen LogP contribution in [-0.4, -0.2) is 32.0 Å². The third-order valence-corrected chi connectivity index (χ3v) is 8.59. The van der Waals surface area contributed by atoms with Gasteiger partial charge in [-0.1, -0.05) is 48.0 Å². The van der Waals surface area contributed by atoms with E-state index in [4.69, 9.17) is 0 Å². The van der Waals surface area contributed by atoms with Gasteiger partial charge in [0.25, 0.3) is 10.0 Å². The van der Waals surface area contributed by atoms with Crippen LogP contribution in [0, 0.1) is 12.8 Å². The van der Waals surface area contributed by atoms with Gasteiger partial charge in [-0.15, -0.1) is 10.2 Å². The van der Waals surface area contributed by atoms with Crippen molar-refractivity contribution >= 4 is 26.8 Å². The zero-order valence-corrected chi connectivity index (χ0v) is 19.7. The Morgan fingerprint density at radius 1 is 0.971 bits per heavy atom. The zero-order chi connectivity index (χ0) is 23.3. The Morgan fingerprint density at radius 2 is 1.76 bits per heavy atom. The lowest BCUT2D eigenvalue weighted by Gasteiger charge is -2.11. The Hall–Kier alpha value is -3.52. The fourth-order valence-electron chi connectivity index (χ4n) is 5.18. The lowest BCUT2D eigenvalue weighted by atomic mass is 9.96. The quantitative estimate of drug-likeness (QED) is 0.369. The van der Waals surface area contributed by atoms with Crippen molar-refractivity contribution in [3.63, 3.8) is 0 Å². The van der Waals surface area contributed by atoms with Gasteiger partial charge in [0.15, 0.2) is 11.3 Å². The van der Waals surface area contributed by atoms with Crippen molar-refractivity contribution in [3.05, 3.63) is 90.0 Å². The average Bonchev–Trinajstić information content (AvgIpc) is 3.57. The molecule has 7 nitrogen and oxygen atoms in total. The summed E-state index contributed by atoms with van der Waals surface area (Å²) in [7, 11) is -3.77. The van der Waals surface area contributed by atoms with Crippen LogP contribution in [-0.2, 0) is 16.4 Å². The van der Waals surface area contributed by atoms with Gasteiger partial charge in [-0.25, -0.2) is 17.4 Å². The number of aryl methyl sites for hydroxylation is 1. The summed E-state index contributed by atoms with van der Waals surface area (Å²) < 4.78 is 29.9. The van der Waals surface area contributed by atoms with Crippen LogP contribution < -0.4 is 0 Å². The van der Waals surface area contributed by atoms with Gasteiger partial charge in [-0.05, 0) is 62.3 Å². The Kier molecular flexibility index (Phi) is 4.99. The lowest BCUT2D eigenvalue weighted by Crippen LogP contribution is -2.13. The van der Waals surface area contributed by atoms with Crippen molar-refractivity contribution in [2.75, 3.05) is 0 Å². The molecule has 8 heteroatoms. The number of aromatic nitrogens is 5. The number of hydrogen-bond donors (Lipinski definition) is 0. The molecule has 2 aromatic carbocycles. The van der Waals surface area contributed by atoms with Gasteiger partial charge < -0.3 is 0 Å². The molecule has 34 heavy (non-hydrogen) atoms. The molecular formula is C26H25N5O2S. The van der Waals surface area contributed by atoms with Crippen LogP contribution >= 0.6 is 0 Å². The van der Waals surface area contributed by atoms with E-state index in [0.717, 1.165) is 37.1 Å². The molecule has 1 aliphatic rings. The van der Waals surface area contributed by atoms with Crippen LogP contribution in [0.15, 0.2) is 78.0 Å². The molecule has 0 aliphatic heterocycles. The molecule has 0 unspecified atom stereocenters. The molecule has 5 aromatic rings. The fourth-order valence-corrected chi connectivity index (χ4v) is 6.47. The maximum absolute atomic E-state index is 13.3. The van der Waals surface area contributed by atoms with Gasteiger partial charge in [-0.3, -0.25) is 4.40 Å². The first-order valence-electron chi connectivity index (χ1n) is 11.6. The summed E-state index contributed by atoms with van der Waals surface area (Å²) in [6.45, 7) is 1.93. The Morgan fingerprint density at radius 3 is 2.56 bits per heavy atom. The average molecular weight is 472 g/mol. The highest BCUT2D eigenvalue weighted by molar-refractivity contribution is 7.90. The SMILES string of the molecule is Cc1ccc(S(=O)(=O)n2ccc3c2ncc2nnc([C@@H]4CC[C@@H](Cc5ccccc5)C4)n23)cc1. The highest BCUT2D eigenvalue weighted by atomic mass is 32.2. The van der Waals surface area contributed by atoms with E-state index in [1.807, 2.05) is 17.4 Å². The highest BCUT2D eigenvalue weighted by Gasteiger charge is 2.30. The Balaban J connectivity index is 1.37. The highest BCUT2D eigenvalue weighted by Crippen LogP contribution is 2.39. The number of rotatable bonds is 5. The predicted octanol–water partition coefficient (Wildman–Crippen LogP) is 4.75. The van der Waals surface area contributed by atoms with E-state index < -0.39 is 10.0 Å². The van der Waals surface area contributed by atoms with E-state index in [-0.39, 0.29) is 10.8 Å². The van der Waals surface area contributed by atoms with E-state index in [9.17, 15) is 8.42 Å². The summed E-state index contributed by atoms with van der Waals surface area (Å²) in [6.07, 6.45) is 7.48. The molecule has 0 radical (unpaired) electrons. The van der Waals surface area contributed by atoms with Gasteiger partial charge in [-0.2, -0.15) is 0 Å². The van der Waals surface area contributed by atoms with Crippen LogP contribution in [0.25, 0.3) is 16.8 Å². The summed E-state index contributed by atoms with van der Waals surface area (Å²) in [5, 5.41) is 8.88. The van der Waals surface area contributed by atoms with Crippen LogP contribution in [0.5, 0.6) is 0 Å². The maximum atomic E-state index is 13.3. The molecule has 2 atom stereocenters. The molecule has 0 bridgehead atoms. The second-order valence-electron chi connectivity index (χ2n) is 9.21. The largest absolute Gasteiger partial charge is 0.274 e. The van der Waals surface area contributed by atoms with Crippen LogP contribution in [0.4, 0.5) is 0 Å². The van der Waals surface area contributed by atoms with Crippen molar-refractivity contribution in [3.8, 4) is 0 Å². The number of benzene rings is 2. The van der Waals surface area contributed by atoms with Gasteiger partial charge >= 0.3 is 0 Å². The molecule has 172 valence electrons. The third-order valence-electron chi connectivity index (χ3n) is 6.91. The molecule has 3 aromatic heterocycles. The minimum Gasteiger partial charge on any atom is -0.274 e. The van der Waals surface area contributed by atoms with Crippen molar-refractivity contribution in [1.29, 1.82) is 0 Å². The molecule has 1 aliphatic carbocycles. The molecule has 0 amide bonds. The van der Waals surface area contributed by atoms with Gasteiger partial charge in [0, 0.05) is 12.1 Å². The third kappa shape index (κ3) is 3.49. The van der Waals surface area contributed by atoms with E-state index in [2.05, 4.69) is 39.4 Å². The molecular weight excluding hydrogens is 446 g/mol. The smallest absolute Gasteiger partial charge is 0.269 e. The topological polar surface area (TPSA) is 82.1 Å². The Bertz CT molecular complexity index is 1590. The van der Waals surface area contributed by atoms with Crippen LogP contribution in [0.3, 0.4) is 0 Å². The molecule has 0 spiro atoms. The monoisotopic (exact) mass is 471 g/mol. The van der Waals surface area contributed by atoms with Crippen molar-refractivity contribution in [1.82, 2.24) is 23.6 Å². The molecule has 1 saturated carbocycles. The van der Waals surface area contributed by atoms with Crippen molar-refractivity contribution < 1.29 is 8.42 Å². The fraction of sp³-hybridized carbons (Fsp3) is 0.269. The minimum absolute atomic E-state index is 0.237. The van der Waals surface area contributed by atoms with E-state index >= 15 is 0 Å². The summed E-state index contributed by atoms with van der Waals surface area (Å²) in [5.74, 6) is 1.78. The van der Waals surface area contributed by atoms with Gasteiger partial charge in [0.2, 0.25) is 0 Å². The summed E-state index contributed by atoms with van der Waals surface area (Å²) >= 11 is 0. The first-order chi connectivity index (χ1) is 16.5. The standard InChI is InChI=1S/C26H25N5O2S/c1-18-7-11-22(12-8-18)34(32,33)30-14-13-23-26(30)27-17-24-28-29-25(31(23)24)21-10-9-20(16-21)15-19-5-3-2-4-6-19/h2-8,11-14,17,20-21H,9-10,15-16H2,1H3/t20-,21+/m0/s1. The summed E-state index contributed by atoms with van der Waals surface area (Å²) in [4.78, 5) is 4.69. The van der Waals surface area contributed by atoms with Crippen LogP contribution in [0.1, 0.15) is 42.1 Å². The maximum Gasteiger partial charge on any atom is 0.269 e. The van der Waals surface area contributed by atoms with Gasteiger partial charge in [0.1, 0.15) is 5.82 Å².